The van der Waals surface area contributed by atoms with Crippen LogP contribution in [0.1, 0.15) is 15.4 Å². The first-order valence-electron chi connectivity index (χ1n) is 4.92. The summed E-state index contributed by atoms with van der Waals surface area (Å²) in [7, 11) is 0. The number of aromatic nitrogens is 2. The SMILES string of the molecule is Cc1cnc(Cl)c(NCc2cnc(C)s2)c1. The normalized spacial score (nSPS) is 10.4. The van der Waals surface area contributed by atoms with Crippen LogP contribution in [0.25, 0.3) is 0 Å². The Morgan fingerprint density at radius 1 is 1.31 bits per heavy atom. The van der Waals surface area contributed by atoms with E-state index in [2.05, 4.69) is 15.3 Å². The number of aryl methyl sites for hydroxylation is 2. The first kappa shape index (κ1) is 11.4. The summed E-state index contributed by atoms with van der Waals surface area (Å²) in [6, 6.07) is 1.99. The third-order valence-electron chi connectivity index (χ3n) is 2.10. The topological polar surface area (TPSA) is 37.8 Å². The molecule has 2 aromatic rings. The van der Waals surface area contributed by atoms with Gasteiger partial charge in [0.15, 0.2) is 5.15 Å². The second-order valence-corrected chi connectivity index (χ2v) is 5.23. The van der Waals surface area contributed by atoms with Gasteiger partial charge in [-0.15, -0.1) is 11.3 Å². The Hall–Kier alpha value is -1.13. The van der Waals surface area contributed by atoms with E-state index < -0.39 is 0 Å². The van der Waals surface area contributed by atoms with Crippen molar-refractivity contribution in [3.05, 3.63) is 39.1 Å². The summed E-state index contributed by atoms with van der Waals surface area (Å²) in [6.07, 6.45) is 3.63. The quantitative estimate of drug-likeness (QED) is 0.852. The molecule has 2 aromatic heterocycles. The first-order valence-corrected chi connectivity index (χ1v) is 6.12. The summed E-state index contributed by atoms with van der Waals surface area (Å²) < 4.78 is 0. The van der Waals surface area contributed by atoms with Crippen molar-refractivity contribution in [3.63, 3.8) is 0 Å². The fourth-order valence-corrected chi connectivity index (χ4v) is 2.25. The average Bonchev–Trinajstić information content (AvgIpc) is 2.66. The minimum absolute atomic E-state index is 0.506. The lowest BCUT2D eigenvalue weighted by atomic mass is 10.3. The van der Waals surface area contributed by atoms with E-state index in [9.17, 15) is 0 Å². The van der Waals surface area contributed by atoms with Crippen molar-refractivity contribution in [3.8, 4) is 0 Å². The zero-order valence-electron chi connectivity index (χ0n) is 9.12. The summed E-state index contributed by atoms with van der Waals surface area (Å²) in [4.78, 5) is 9.48. The van der Waals surface area contributed by atoms with E-state index in [1.807, 2.05) is 26.1 Å². The molecule has 0 saturated carbocycles. The molecule has 3 nitrogen and oxygen atoms in total. The highest BCUT2D eigenvalue weighted by Gasteiger charge is 2.03. The summed E-state index contributed by atoms with van der Waals surface area (Å²) in [5.41, 5.74) is 1.96. The lowest BCUT2D eigenvalue weighted by molar-refractivity contribution is 1.15. The van der Waals surface area contributed by atoms with Crippen LogP contribution in [0.5, 0.6) is 0 Å². The Balaban J connectivity index is 2.07. The summed E-state index contributed by atoms with van der Waals surface area (Å²) >= 11 is 7.66. The molecule has 0 aromatic carbocycles. The van der Waals surface area contributed by atoms with Crippen LogP contribution >= 0.6 is 22.9 Å². The number of pyridine rings is 1. The molecule has 5 heteroatoms. The predicted octanol–water partition coefficient (Wildman–Crippen LogP) is 3.42. The molecule has 0 bridgehead atoms. The maximum atomic E-state index is 5.98. The molecule has 0 aliphatic rings. The fourth-order valence-electron chi connectivity index (χ4n) is 1.35. The third kappa shape index (κ3) is 2.71. The molecule has 0 radical (unpaired) electrons. The Labute approximate surface area is 104 Å². The molecule has 16 heavy (non-hydrogen) atoms. The number of hydrogen-bond donors (Lipinski definition) is 1. The number of thiazole rings is 1. The van der Waals surface area contributed by atoms with E-state index >= 15 is 0 Å². The van der Waals surface area contributed by atoms with Crippen LogP contribution in [0.3, 0.4) is 0 Å². The van der Waals surface area contributed by atoms with Crippen molar-refractivity contribution in [1.29, 1.82) is 0 Å². The van der Waals surface area contributed by atoms with E-state index in [1.54, 1.807) is 17.5 Å². The van der Waals surface area contributed by atoms with E-state index in [1.165, 1.54) is 4.88 Å². The van der Waals surface area contributed by atoms with Gasteiger partial charge in [0.25, 0.3) is 0 Å². The molecule has 0 fully saturated rings. The fraction of sp³-hybridized carbons (Fsp3) is 0.273. The van der Waals surface area contributed by atoms with Crippen LogP contribution in [-0.4, -0.2) is 9.97 Å². The van der Waals surface area contributed by atoms with Crippen LogP contribution in [0, 0.1) is 13.8 Å². The van der Waals surface area contributed by atoms with Crippen LogP contribution < -0.4 is 5.32 Å². The molecule has 84 valence electrons. The summed E-state index contributed by atoms with van der Waals surface area (Å²) in [5, 5.41) is 4.84. The lowest BCUT2D eigenvalue weighted by Gasteiger charge is -2.06. The molecule has 2 heterocycles. The molecule has 2 rings (SSSR count). The average molecular weight is 254 g/mol. The molecule has 0 amide bonds. The maximum absolute atomic E-state index is 5.98. The van der Waals surface area contributed by atoms with E-state index in [0.717, 1.165) is 22.8 Å². The zero-order chi connectivity index (χ0) is 11.5. The molecule has 0 unspecified atom stereocenters. The first-order chi connectivity index (χ1) is 7.65. The predicted molar refractivity (Wildman–Crippen MR) is 68.2 cm³/mol. The molecule has 0 spiro atoms. The number of halogens is 1. The Bertz CT molecular complexity index is 496. The number of nitrogens with one attached hydrogen (secondary N) is 1. The van der Waals surface area contributed by atoms with Gasteiger partial charge in [-0.05, 0) is 25.5 Å². The van der Waals surface area contributed by atoms with Crippen molar-refractivity contribution in [2.24, 2.45) is 0 Å². The minimum atomic E-state index is 0.506. The highest BCUT2D eigenvalue weighted by atomic mass is 35.5. The second kappa shape index (κ2) is 4.80. The zero-order valence-corrected chi connectivity index (χ0v) is 10.7. The lowest BCUT2D eigenvalue weighted by Crippen LogP contribution is -1.99. The van der Waals surface area contributed by atoms with Crippen molar-refractivity contribution in [2.45, 2.75) is 20.4 Å². The van der Waals surface area contributed by atoms with Crippen LogP contribution in [0.15, 0.2) is 18.5 Å². The minimum Gasteiger partial charge on any atom is -0.378 e. The number of anilines is 1. The van der Waals surface area contributed by atoms with Gasteiger partial charge in [-0.1, -0.05) is 11.6 Å². The third-order valence-corrected chi connectivity index (χ3v) is 3.31. The van der Waals surface area contributed by atoms with Crippen molar-refractivity contribution >= 4 is 28.6 Å². The smallest absolute Gasteiger partial charge is 0.152 e. The molecule has 0 aliphatic carbocycles. The summed E-state index contributed by atoms with van der Waals surface area (Å²) in [5.74, 6) is 0. The molecular weight excluding hydrogens is 242 g/mol. The van der Waals surface area contributed by atoms with Gasteiger partial charge in [-0.25, -0.2) is 9.97 Å². The number of nitrogens with zero attached hydrogens (tertiary/aromatic N) is 2. The van der Waals surface area contributed by atoms with E-state index in [4.69, 9.17) is 11.6 Å². The standard InChI is InChI=1S/C11H12ClN3S/c1-7-3-10(11(12)15-4-7)14-6-9-5-13-8(2)16-9/h3-5,14H,6H2,1-2H3. The van der Waals surface area contributed by atoms with Gasteiger partial charge in [-0.2, -0.15) is 0 Å². The van der Waals surface area contributed by atoms with Gasteiger partial charge in [0.2, 0.25) is 0 Å². The van der Waals surface area contributed by atoms with Crippen molar-refractivity contribution in [1.82, 2.24) is 9.97 Å². The van der Waals surface area contributed by atoms with Gasteiger partial charge in [0, 0.05) is 17.3 Å². The van der Waals surface area contributed by atoms with E-state index in [0.29, 0.717) is 5.15 Å². The van der Waals surface area contributed by atoms with Gasteiger partial charge in [0.1, 0.15) is 0 Å². The van der Waals surface area contributed by atoms with Crippen molar-refractivity contribution < 1.29 is 0 Å². The monoisotopic (exact) mass is 253 g/mol. The van der Waals surface area contributed by atoms with Gasteiger partial charge >= 0.3 is 0 Å². The second-order valence-electron chi connectivity index (χ2n) is 3.55. The van der Waals surface area contributed by atoms with E-state index in [-0.39, 0.29) is 0 Å². The molecule has 0 atom stereocenters. The maximum Gasteiger partial charge on any atom is 0.152 e. The number of rotatable bonds is 3. The molecule has 0 saturated heterocycles. The molecule has 0 aliphatic heterocycles. The van der Waals surface area contributed by atoms with Gasteiger partial charge < -0.3 is 5.32 Å². The van der Waals surface area contributed by atoms with Crippen LogP contribution in [0.4, 0.5) is 5.69 Å². The molecular formula is C11H12ClN3S. The number of hydrogen-bond acceptors (Lipinski definition) is 4. The Morgan fingerprint density at radius 3 is 2.81 bits per heavy atom. The highest BCUT2D eigenvalue weighted by molar-refractivity contribution is 7.11. The van der Waals surface area contributed by atoms with Crippen molar-refractivity contribution in [2.75, 3.05) is 5.32 Å². The largest absolute Gasteiger partial charge is 0.378 e. The van der Waals surface area contributed by atoms with Gasteiger partial charge in [-0.3, -0.25) is 0 Å². The molecule has 1 N–H and O–H groups in total. The highest BCUT2D eigenvalue weighted by Crippen LogP contribution is 2.21. The van der Waals surface area contributed by atoms with Crippen LogP contribution in [-0.2, 0) is 6.54 Å². The Morgan fingerprint density at radius 2 is 2.12 bits per heavy atom. The Kier molecular flexibility index (Phi) is 3.41. The summed E-state index contributed by atoms with van der Waals surface area (Å²) in [6.45, 7) is 4.72. The van der Waals surface area contributed by atoms with Gasteiger partial charge in [0.05, 0.1) is 17.2 Å². The van der Waals surface area contributed by atoms with Crippen LogP contribution in [0.2, 0.25) is 5.15 Å².